The van der Waals surface area contributed by atoms with Crippen LogP contribution < -0.4 is 10.2 Å². The summed E-state index contributed by atoms with van der Waals surface area (Å²) in [5.74, 6) is 0.869. The molecule has 7 heteroatoms. The summed E-state index contributed by atoms with van der Waals surface area (Å²) in [7, 11) is 0. The number of aromatic nitrogens is 2. The van der Waals surface area contributed by atoms with E-state index in [2.05, 4.69) is 20.2 Å². The van der Waals surface area contributed by atoms with Crippen LogP contribution in [0.3, 0.4) is 0 Å². The first-order valence-electron chi connectivity index (χ1n) is 8.30. The van der Waals surface area contributed by atoms with Crippen molar-refractivity contribution < 1.29 is 9.59 Å². The lowest BCUT2D eigenvalue weighted by atomic mass is 9.96. The van der Waals surface area contributed by atoms with Gasteiger partial charge in [-0.05, 0) is 25.7 Å². The maximum absolute atomic E-state index is 12.2. The highest BCUT2D eigenvalue weighted by Crippen LogP contribution is 2.21. The molecule has 2 amide bonds. The molecule has 2 aliphatic rings. The van der Waals surface area contributed by atoms with Crippen molar-refractivity contribution in [2.24, 2.45) is 5.92 Å². The van der Waals surface area contributed by atoms with E-state index in [0.29, 0.717) is 0 Å². The fourth-order valence-electron chi connectivity index (χ4n) is 3.21. The van der Waals surface area contributed by atoms with E-state index in [1.807, 2.05) is 4.90 Å². The van der Waals surface area contributed by atoms with E-state index in [1.54, 1.807) is 18.6 Å². The summed E-state index contributed by atoms with van der Waals surface area (Å²) in [6.45, 7) is 3.35. The minimum atomic E-state index is -0.0192. The molecule has 3 rings (SSSR count). The van der Waals surface area contributed by atoms with Crippen molar-refractivity contribution in [3.8, 4) is 0 Å². The SMILES string of the molecule is O=C(NCC(=O)N1CCCC1)C1CCN(c2cnccn2)CC1. The normalized spacial score (nSPS) is 19.0. The minimum absolute atomic E-state index is 0.00339. The Balaban J connectivity index is 1.42. The molecule has 0 atom stereocenters. The molecular weight excluding hydrogens is 294 g/mol. The maximum atomic E-state index is 12.2. The lowest BCUT2D eigenvalue weighted by molar-refractivity contribution is -0.133. The van der Waals surface area contributed by atoms with Crippen LogP contribution in [0.5, 0.6) is 0 Å². The zero-order valence-corrected chi connectivity index (χ0v) is 13.3. The lowest BCUT2D eigenvalue weighted by Crippen LogP contribution is -2.44. The van der Waals surface area contributed by atoms with Crippen LogP contribution in [0, 0.1) is 5.92 Å². The molecule has 1 aromatic heterocycles. The van der Waals surface area contributed by atoms with E-state index in [9.17, 15) is 9.59 Å². The fourth-order valence-corrected chi connectivity index (χ4v) is 3.21. The molecule has 2 fully saturated rings. The Morgan fingerprint density at radius 2 is 1.87 bits per heavy atom. The minimum Gasteiger partial charge on any atom is -0.355 e. The van der Waals surface area contributed by atoms with Gasteiger partial charge in [0.2, 0.25) is 11.8 Å². The van der Waals surface area contributed by atoms with E-state index in [1.165, 1.54) is 0 Å². The Bertz CT molecular complexity index is 537. The fraction of sp³-hybridized carbons (Fsp3) is 0.625. The van der Waals surface area contributed by atoms with Crippen LogP contribution in [-0.2, 0) is 9.59 Å². The molecule has 124 valence electrons. The van der Waals surface area contributed by atoms with Crippen molar-refractivity contribution >= 4 is 17.6 Å². The van der Waals surface area contributed by atoms with Crippen LogP contribution in [0.25, 0.3) is 0 Å². The molecule has 7 nitrogen and oxygen atoms in total. The molecule has 23 heavy (non-hydrogen) atoms. The molecular formula is C16H23N5O2. The van der Waals surface area contributed by atoms with Crippen molar-refractivity contribution in [2.75, 3.05) is 37.6 Å². The number of likely N-dealkylation sites (tertiary alicyclic amines) is 1. The van der Waals surface area contributed by atoms with Gasteiger partial charge in [0.15, 0.2) is 0 Å². The highest BCUT2D eigenvalue weighted by molar-refractivity contribution is 5.86. The largest absolute Gasteiger partial charge is 0.355 e. The van der Waals surface area contributed by atoms with Crippen LogP contribution in [0.2, 0.25) is 0 Å². The first kappa shape index (κ1) is 15.7. The van der Waals surface area contributed by atoms with Gasteiger partial charge in [-0.3, -0.25) is 14.6 Å². The van der Waals surface area contributed by atoms with E-state index in [0.717, 1.165) is 57.7 Å². The molecule has 2 aliphatic heterocycles. The molecule has 2 saturated heterocycles. The zero-order valence-electron chi connectivity index (χ0n) is 13.3. The van der Waals surface area contributed by atoms with E-state index < -0.39 is 0 Å². The van der Waals surface area contributed by atoms with Gasteiger partial charge in [0, 0.05) is 44.5 Å². The quantitative estimate of drug-likeness (QED) is 0.871. The predicted octanol–water partition coefficient (Wildman–Crippen LogP) is 0.432. The average molecular weight is 317 g/mol. The topological polar surface area (TPSA) is 78.4 Å². The number of nitrogens with zero attached hydrogens (tertiary/aromatic N) is 4. The number of piperidine rings is 1. The number of nitrogens with one attached hydrogen (secondary N) is 1. The summed E-state index contributed by atoms with van der Waals surface area (Å²) in [5.41, 5.74) is 0. The second-order valence-corrected chi connectivity index (χ2v) is 6.13. The summed E-state index contributed by atoms with van der Waals surface area (Å²) in [4.78, 5) is 36.5. The second kappa shape index (κ2) is 7.39. The summed E-state index contributed by atoms with van der Waals surface area (Å²) in [5, 5.41) is 2.81. The van der Waals surface area contributed by atoms with Gasteiger partial charge in [-0.15, -0.1) is 0 Å². The van der Waals surface area contributed by atoms with Gasteiger partial charge in [-0.25, -0.2) is 4.98 Å². The van der Waals surface area contributed by atoms with Crippen LogP contribution in [0.1, 0.15) is 25.7 Å². The monoisotopic (exact) mass is 317 g/mol. The molecule has 1 aromatic rings. The molecule has 3 heterocycles. The van der Waals surface area contributed by atoms with Gasteiger partial charge in [0.1, 0.15) is 5.82 Å². The van der Waals surface area contributed by atoms with Crippen molar-refractivity contribution in [3.05, 3.63) is 18.6 Å². The van der Waals surface area contributed by atoms with Crippen LogP contribution in [-0.4, -0.2) is 59.4 Å². The summed E-state index contributed by atoms with van der Waals surface area (Å²) in [6.07, 6.45) is 8.77. The number of rotatable bonds is 4. The molecule has 1 N–H and O–H groups in total. The van der Waals surface area contributed by atoms with Crippen molar-refractivity contribution in [3.63, 3.8) is 0 Å². The summed E-state index contributed by atoms with van der Waals surface area (Å²) >= 11 is 0. The highest BCUT2D eigenvalue weighted by atomic mass is 16.2. The number of anilines is 1. The zero-order chi connectivity index (χ0) is 16.1. The smallest absolute Gasteiger partial charge is 0.241 e. The Labute approximate surface area is 136 Å². The first-order valence-corrected chi connectivity index (χ1v) is 8.30. The van der Waals surface area contributed by atoms with Crippen molar-refractivity contribution in [2.45, 2.75) is 25.7 Å². The predicted molar refractivity (Wildman–Crippen MR) is 85.8 cm³/mol. The number of carbonyl (C=O) groups excluding carboxylic acids is 2. The average Bonchev–Trinajstić information content (AvgIpc) is 3.15. The van der Waals surface area contributed by atoms with Crippen molar-refractivity contribution in [1.29, 1.82) is 0 Å². The maximum Gasteiger partial charge on any atom is 0.241 e. The molecule has 0 radical (unpaired) electrons. The Kier molecular flexibility index (Phi) is 5.05. The van der Waals surface area contributed by atoms with E-state index in [-0.39, 0.29) is 24.3 Å². The van der Waals surface area contributed by atoms with Gasteiger partial charge >= 0.3 is 0 Å². The van der Waals surface area contributed by atoms with Crippen LogP contribution in [0.15, 0.2) is 18.6 Å². The van der Waals surface area contributed by atoms with E-state index >= 15 is 0 Å². The molecule has 0 aromatic carbocycles. The second-order valence-electron chi connectivity index (χ2n) is 6.13. The number of hydrogen-bond acceptors (Lipinski definition) is 5. The lowest BCUT2D eigenvalue weighted by Gasteiger charge is -2.31. The number of carbonyl (C=O) groups is 2. The third-order valence-electron chi connectivity index (χ3n) is 4.61. The Morgan fingerprint density at radius 1 is 1.13 bits per heavy atom. The Hall–Kier alpha value is -2.18. The van der Waals surface area contributed by atoms with E-state index in [4.69, 9.17) is 0 Å². The number of amides is 2. The summed E-state index contributed by atoms with van der Waals surface area (Å²) < 4.78 is 0. The van der Waals surface area contributed by atoms with Gasteiger partial charge < -0.3 is 15.1 Å². The van der Waals surface area contributed by atoms with Gasteiger partial charge in [-0.1, -0.05) is 0 Å². The van der Waals surface area contributed by atoms with Gasteiger partial charge in [0.05, 0.1) is 12.7 Å². The van der Waals surface area contributed by atoms with Gasteiger partial charge in [0.25, 0.3) is 0 Å². The van der Waals surface area contributed by atoms with Crippen LogP contribution in [0.4, 0.5) is 5.82 Å². The van der Waals surface area contributed by atoms with Crippen LogP contribution >= 0.6 is 0 Å². The summed E-state index contributed by atoms with van der Waals surface area (Å²) in [6, 6.07) is 0. The van der Waals surface area contributed by atoms with Crippen molar-refractivity contribution in [1.82, 2.24) is 20.2 Å². The third kappa shape index (κ3) is 3.97. The molecule has 0 saturated carbocycles. The molecule has 0 unspecified atom stereocenters. The highest BCUT2D eigenvalue weighted by Gasteiger charge is 2.26. The van der Waals surface area contributed by atoms with Gasteiger partial charge in [-0.2, -0.15) is 0 Å². The number of hydrogen-bond donors (Lipinski definition) is 1. The first-order chi connectivity index (χ1) is 11.2. The standard InChI is InChI=1S/C16H23N5O2/c22-15(21-7-1-2-8-21)12-19-16(23)13-3-9-20(10-4-13)14-11-17-5-6-18-14/h5-6,11,13H,1-4,7-10,12H2,(H,19,23). The molecule has 0 aliphatic carbocycles. The molecule has 0 spiro atoms. The molecule has 0 bridgehead atoms. The Morgan fingerprint density at radius 3 is 2.52 bits per heavy atom. The third-order valence-corrected chi connectivity index (χ3v) is 4.61.